The van der Waals surface area contributed by atoms with Crippen LogP contribution in [0.3, 0.4) is 0 Å². The zero-order valence-corrected chi connectivity index (χ0v) is 15.4. The molecule has 1 aliphatic rings. The summed E-state index contributed by atoms with van der Waals surface area (Å²) in [6.07, 6.45) is 2.71. The molecule has 0 N–H and O–H groups in total. The first kappa shape index (κ1) is 17.5. The van der Waals surface area contributed by atoms with Crippen LogP contribution in [0.25, 0.3) is 11.4 Å². The molecule has 0 radical (unpaired) electrons. The van der Waals surface area contributed by atoms with E-state index in [1.807, 2.05) is 24.1 Å². The van der Waals surface area contributed by atoms with Crippen molar-refractivity contribution in [1.29, 1.82) is 0 Å². The average Bonchev–Trinajstić information content (AvgIpc) is 3.32. The number of fused-ring (bicyclic) bond motifs is 1. The van der Waals surface area contributed by atoms with Gasteiger partial charge in [0, 0.05) is 43.4 Å². The first-order valence-electron chi connectivity index (χ1n) is 9.06. The van der Waals surface area contributed by atoms with E-state index < -0.39 is 0 Å². The Morgan fingerprint density at radius 3 is 3.00 bits per heavy atom. The Hall–Kier alpha value is -2.96. The number of carbonyl (C=O) groups excluding carboxylic acids is 1. The summed E-state index contributed by atoms with van der Waals surface area (Å²) in [6.45, 7) is 5.24. The lowest BCUT2D eigenvalue weighted by Crippen LogP contribution is -2.40. The van der Waals surface area contributed by atoms with Crippen LogP contribution in [-0.2, 0) is 17.8 Å². The molecule has 0 saturated carbocycles. The van der Waals surface area contributed by atoms with E-state index in [2.05, 4.69) is 20.8 Å². The molecule has 27 heavy (non-hydrogen) atoms. The summed E-state index contributed by atoms with van der Waals surface area (Å²) in [5.74, 6) is 0.474. The zero-order chi connectivity index (χ0) is 19.0. The Kier molecular flexibility index (Phi) is 4.51. The van der Waals surface area contributed by atoms with Gasteiger partial charge in [-0.25, -0.2) is 4.39 Å². The van der Waals surface area contributed by atoms with Gasteiger partial charge in [0.1, 0.15) is 5.82 Å². The fraction of sp³-hybridized carbons (Fsp3) is 0.350. The van der Waals surface area contributed by atoms with Crippen LogP contribution in [0.2, 0.25) is 0 Å². The molecule has 3 aromatic rings. The second-order valence-corrected chi connectivity index (χ2v) is 6.87. The molecule has 1 aliphatic heterocycles. The highest BCUT2D eigenvalue weighted by atomic mass is 19.1. The molecule has 6 nitrogen and oxygen atoms in total. The zero-order valence-electron chi connectivity index (χ0n) is 15.4. The Labute approximate surface area is 156 Å². The van der Waals surface area contributed by atoms with Crippen LogP contribution in [0.4, 0.5) is 4.39 Å². The van der Waals surface area contributed by atoms with Crippen LogP contribution in [0.1, 0.15) is 36.5 Å². The third kappa shape index (κ3) is 3.37. The molecule has 0 fully saturated rings. The van der Waals surface area contributed by atoms with Crippen molar-refractivity contribution in [3.8, 4) is 11.4 Å². The van der Waals surface area contributed by atoms with Crippen molar-refractivity contribution in [3.05, 3.63) is 59.5 Å². The Bertz CT molecular complexity index is 978. The molecule has 0 aliphatic carbocycles. The fourth-order valence-corrected chi connectivity index (χ4v) is 3.48. The Balaban J connectivity index is 1.40. The van der Waals surface area contributed by atoms with E-state index in [-0.39, 0.29) is 17.8 Å². The maximum atomic E-state index is 13.7. The number of carbonyl (C=O) groups is 1. The van der Waals surface area contributed by atoms with Gasteiger partial charge < -0.3 is 14.0 Å². The normalized spacial score (nSPS) is 16.4. The second-order valence-electron chi connectivity index (χ2n) is 6.87. The SMILES string of the molecule is Cc1ccc(-c2noc(CCC(=O)N3CCn4cccc4[C@@H]3C)n2)cc1F. The average molecular weight is 368 g/mol. The van der Waals surface area contributed by atoms with E-state index in [0.717, 1.165) is 12.2 Å². The summed E-state index contributed by atoms with van der Waals surface area (Å²) >= 11 is 0. The van der Waals surface area contributed by atoms with E-state index in [4.69, 9.17) is 4.52 Å². The predicted octanol–water partition coefficient (Wildman–Crippen LogP) is 3.52. The third-order valence-electron chi connectivity index (χ3n) is 5.11. The van der Waals surface area contributed by atoms with Crippen molar-refractivity contribution >= 4 is 5.91 Å². The van der Waals surface area contributed by atoms with E-state index in [9.17, 15) is 9.18 Å². The molecule has 2 aromatic heterocycles. The lowest BCUT2D eigenvalue weighted by atomic mass is 10.1. The summed E-state index contributed by atoms with van der Waals surface area (Å²) in [6, 6.07) is 8.93. The molecule has 140 valence electrons. The van der Waals surface area contributed by atoms with E-state index in [1.165, 1.54) is 6.07 Å². The molecule has 0 saturated heterocycles. The molecular formula is C20H21FN4O2. The lowest BCUT2D eigenvalue weighted by molar-refractivity contribution is -0.134. The molecule has 0 unspecified atom stereocenters. The molecule has 1 aromatic carbocycles. The van der Waals surface area contributed by atoms with Gasteiger partial charge in [-0.1, -0.05) is 17.3 Å². The number of hydrogen-bond donors (Lipinski definition) is 0. The van der Waals surface area contributed by atoms with Gasteiger partial charge in [0.25, 0.3) is 0 Å². The molecule has 0 spiro atoms. The van der Waals surface area contributed by atoms with Crippen LogP contribution < -0.4 is 0 Å². The summed E-state index contributed by atoms with van der Waals surface area (Å²) in [5.41, 5.74) is 2.27. The highest BCUT2D eigenvalue weighted by Gasteiger charge is 2.27. The minimum absolute atomic E-state index is 0.0510. The van der Waals surface area contributed by atoms with Crippen LogP contribution in [-0.4, -0.2) is 32.1 Å². The highest BCUT2D eigenvalue weighted by Crippen LogP contribution is 2.26. The van der Waals surface area contributed by atoms with Gasteiger partial charge in [-0.2, -0.15) is 4.98 Å². The van der Waals surface area contributed by atoms with Crippen molar-refractivity contribution in [1.82, 2.24) is 19.6 Å². The second kappa shape index (κ2) is 6.98. The van der Waals surface area contributed by atoms with Crippen LogP contribution in [0, 0.1) is 12.7 Å². The standard InChI is InChI=1S/C20H21FN4O2/c1-13-5-6-15(12-16(13)21)20-22-18(27-23-20)7-8-19(26)25-11-10-24-9-3-4-17(24)14(25)2/h3-6,9,12,14H,7-8,10-11H2,1-2H3/t14-/m0/s1. The highest BCUT2D eigenvalue weighted by molar-refractivity contribution is 5.77. The number of hydrogen-bond acceptors (Lipinski definition) is 4. The van der Waals surface area contributed by atoms with Crippen molar-refractivity contribution in [2.45, 2.75) is 39.3 Å². The minimum atomic E-state index is -0.308. The van der Waals surface area contributed by atoms with Gasteiger partial charge >= 0.3 is 0 Å². The summed E-state index contributed by atoms with van der Waals surface area (Å²) in [7, 11) is 0. The van der Waals surface area contributed by atoms with Crippen molar-refractivity contribution in [3.63, 3.8) is 0 Å². The number of halogens is 1. The maximum absolute atomic E-state index is 13.7. The van der Waals surface area contributed by atoms with Crippen LogP contribution in [0.15, 0.2) is 41.1 Å². The summed E-state index contributed by atoms with van der Waals surface area (Å²) < 4.78 is 21.1. The van der Waals surface area contributed by atoms with E-state index in [0.29, 0.717) is 42.2 Å². The molecule has 3 heterocycles. The van der Waals surface area contributed by atoms with E-state index >= 15 is 0 Å². The Morgan fingerprint density at radius 1 is 1.33 bits per heavy atom. The molecule has 1 atom stereocenters. The predicted molar refractivity (Wildman–Crippen MR) is 97.3 cm³/mol. The number of rotatable bonds is 4. The quantitative estimate of drug-likeness (QED) is 0.707. The largest absolute Gasteiger partial charge is 0.348 e. The topological polar surface area (TPSA) is 64.2 Å². The van der Waals surface area contributed by atoms with Gasteiger partial charge in [0.2, 0.25) is 17.6 Å². The molecule has 0 bridgehead atoms. The van der Waals surface area contributed by atoms with Crippen LogP contribution >= 0.6 is 0 Å². The van der Waals surface area contributed by atoms with E-state index in [1.54, 1.807) is 19.1 Å². The molecular weight excluding hydrogens is 347 g/mol. The number of benzene rings is 1. The Morgan fingerprint density at radius 2 is 2.19 bits per heavy atom. The van der Waals surface area contributed by atoms with Crippen molar-refractivity contribution < 1.29 is 13.7 Å². The lowest BCUT2D eigenvalue weighted by Gasteiger charge is -2.35. The smallest absolute Gasteiger partial charge is 0.227 e. The minimum Gasteiger partial charge on any atom is -0.348 e. The van der Waals surface area contributed by atoms with Crippen molar-refractivity contribution in [2.75, 3.05) is 6.54 Å². The third-order valence-corrected chi connectivity index (χ3v) is 5.11. The van der Waals surface area contributed by atoms with Gasteiger partial charge in [0.15, 0.2) is 0 Å². The first-order chi connectivity index (χ1) is 13.0. The number of aryl methyl sites for hydroxylation is 2. The summed E-state index contributed by atoms with van der Waals surface area (Å²) in [5, 5.41) is 3.90. The van der Waals surface area contributed by atoms with Gasteiger partial charge in [-0.15, -0.1) is 0 Å². The number of amides is 1. The summed E-state index contributed by atoms with van der Waals surface area (Å²) in [4.78, 5) is 18.8. The fourth-order valence-electron chi connectivity index (χ4n) is 3.48. The number of aromatic nitrogens is 3. The van der Waals surface area contributed by atoms with Gasteiger partial charge in [-0.3, -0.25) is 4.79 Å². The monoisotopic (exact) mass is 368 g/mol. The molecule has 4 rings (SSSR count). The van der Waals surface area contributed by atoms with Crippen LogP contribution in [0.5, 0.6) is 0 Å². The van der Waals surface area contributed by atoms with Gasteiger partial charge in [0.05, 0.1) is 6.04 Å². The molecule has 7 heteroatoms. The first-order valence-corrected chi connectivity index (χ1v) is 9.06. The van der Waals surface area contributed by atoms with Gasteiger partial charge in [-0.05, 0) is 37.6 Å². The maximum Gasteiger partial charge on any atom is 0.227 e. The van der Waals surface area contributed by atoms with Crippen molar-refractivity contribution in [2.24, 2.45) is 0 Å². The molecule has 1 amide bonds. The number of nitrogens with zero attached hydrogens (tertiary/aromatic N) is 4.